The molecule has 1 heteroatoms. The third kappa shape index (κ3) is 5.72. The molecule has 266 valence electrons. The van der Waals surface area contributed by atoms with Crippen molar-refractivity contribution in [3.8, 4) is 55.6 Å². The van der Waals surface area contributed by atoms with Crippen LogP contribution in [0.3, 0.4) is 0 Å². The maximum Gasteiger partial charge on any atom is 0.0546 e. The average molecular weight is 716 g/mol. The van der Waals surface area contributed by atoms with Crippen LogP contribution in [0, 0.1) is 0 Å². The van der Waals surface area contributed by atoms with E-state index in [0.717, 1.165) is 17.1 Å². The van der Waals surface area contributed by atoms with Crippen LogP contribution >= 0.6 is 0 Å². The molecule has 0 amide bonds. The molecule has 0 unspecified atom stereocenters. The molecule has 56 heavy (non-hydrogen) atoms. The lowest BCUT2D eigenvalue weighted by atomic mass is 9.82. The highest BCUT2D eigenvalue weighted by Crippen LogP contribution is 2.52. The predicted molar refractivity (Wildman–Crippen MR) is 238 cm³/mol. The molecule has 0 heterocycles. The summed E-state index contributed by atoms with van der Waals surface area (Å²) in [4.78, 5) is 2.47. The summed E-state index contributed by atoms with van der Waals surface area (Å²) < 4.78 is 0. The first kappa shape index (κ1) is 33.6. The van der Waals surface area contributed by atoms with Gasteiger partial charge in [0.15, 0.2) is 0 Å². The number of rotatable bonds is 7. The molecule has 0 spiro atoms. The number of fused-ring (bicyclic) bond motifs is 4. The van der Waals surface area contributed by atoms with Crippen molar-refractivity contribution in [2.24, 2.45) is 0 Å². The molecule has 1 aliphatic rings. The van der Waals surface area contributed by atoms with E-state index in [0.29, 0.717) is 0 Å². The first-order valence-electron chi connectivity index (χ1n) is 19.5. The molecule has 10 rings (SSSR count). The smallest absolute Gasteiger partial charge is 0.0546 e. The Labute approximate surface area is 329 Å². The highest BCUT2D eigenvalue weighted by atomic mass is 15.1. The number of hydrogen-bond donors (Lipinski definition) is 0. The molecular weight excluding hydrogens is 675 g/mol. The zero-order valence-electron chi connectivity index (χ0n) is 31.7. The van der Waals surface area contributed by atoms with Crippen molar-refractivity contribution >= 4 is 27.8 Å². The maximum atomic E-state index is 2.47. The summed E-state index contributed by atoms with van der Waals surface area (Å²) in [5, 5.41) is 2.50. The van der Waals surface area contributed by atoms with Crippen LogP contribution in [0.5, 0.6) is 0 Å². The van der Waals surface area contributed by atoms with Gasteiger partial charge >= 0.3 is 0 Å². The van der Waals surface area contributed by atoms with Gasteiger partial charge in [-0.25, -0.2) is 0 Å². The number of nitrogens with zero attached hydrogens (tertiary/aromatic N) is 1. The summed E-state index contributed by atoms with van der Waals surface area (Å²) in [5.41, 5.74) is 18.2. The van der Waals surface area contributed by atoms with E-state index >= 15 is 0 Å². The van der Waals surface area contributed by atoms with E-state index in [-0.39, 0.29) is 5.41 Å². The van der Waals surface area contributed by atoms with Crippen LogP contribution in [0.25, 0.3) is 66.4 Å². The van der Waals surface area contributed by atoms with Gasteiger partial charge in [-0.2, -0.15) is 0 Å². The van der Waals surface area contributed by atoms with Crippen LogP contribution in [0.4, 0.5) is 17.1 Å². The van der Waals surface area contributed by atoms with E-state index in [1.165, 1.54) is 77.5 Å². The number of anilines is 3. The first-order chi connectivity index (χ1) is 27.5. The van der Waals surface area contributed by atoms with Gasteiger partial charge in [0.25, 0.3) is 0 Å². The summed E-state index contributed by atoms with van der Waals surface area (Å²) in [6.45, 7) is 4.70. The molecule has 0 saturated heterocycles. The Morgan fingerprint density at radius 1 is 0.321 bits per heavy atom. The molecule has 0 radical (unpaired) electrons. The molecule has 0 atom stereocenters. The SMILES string of the molecule is CC1(C)c2ccccc2-c2cc(N(c3ccc(-c4ccc5ccccc5c4)cc3)c3cccc(-c4ccccc4)c3-c3ccccc3-c3ccccc3)ccc21. The van der Waals surface area contributed by atoms with Gasteiger partial charge in [0.2, 0.25) is 0 Å². The van der Waals surface area contributed by atoms with Gasteiger partial charge in [0, 0.05) is 22.4 Å². The van der Waals surface area contributed by atoms with Gasteiger partial charge in [-0.1, -0.05) is 190 Å². The van der Waals surface area contributed by atoms with E-state index < -0.39 is 0 Å². The van der Waals surface area contributed by atoms with Gasteiger partial charge in [-0.3, -0.25) is 0 Å². The van der Waals surface area contributed by atoms with Crippen molar-refractivity contribution in [3.05, 3.63) is 223 Å². The minimum Gasteiger partial charge on any atom is -0.310 e. The van der Waals surface area contributed by atoms with E-state index in [9.17, 15) is 0 Å². The molecule has 0 fully saturated rings. The van der Waals surface area contributed by atoms with Gasteiger partial charge in [-0.05, 0) is 108 Å². The summed E-state index contributed by atoms with van der Waals surface area (Å²) in [6.07, 6.45) is 0. The fourth-order valence-electron chi connectivity index (χ4n) is 8.88. The molecular formula is C55H41N. The topological polar surface area (TPSA) is 3.24 Å². The molecule has 9 aromatic rings. The predicted octanol–water partition coefficient (Wildman–Crippen LogP) is 15.3. The number of hydrogen-bond acceptors (Lipinski definition) is 1. The lowest BCUT2D eigenvalue weighted by Gasteiger charge is -2.31. The van der Waals surface area contributed by atoms with Gasteiger partial charge < -0.3 is 4.90 Å². The molecule has 0 aliphatic heterocycles. The van der Waals surface area contributed by atoms with Crippen LogP contribution in [0.1, 0.15) is 25.0 Å². The highest BCUT2D eigenvalue weighted by molar-refractivity contribution is 6.01. The van der Waals surface area contributed by atoms with Crippen LogP contribution in [-0.4, -0.2) is 0 Å². The molecule has 0 aromatic heterocycles. The Kier molecular flexibility index (Phi) is 8.23. The second-order valence-electron chi connectivity index (χ2n) is 15.3. The van der Waals surface area contributed by atoms with Crippen LogP contribution in [0.15, 0.2) is 212 Å². The summed E-state index contributed by atoms with van der Waals surface area (Å²) in [7, 11) is 0. The zero-order chi connectivity index (χ0) is 37.6. The maximum absolute atomic E-state index is 2.47. The lowest BCUT2D eigenvalue weighted by molar-refractivity contribution is 0.660. The van der Waals surface area contributed by atoms with Crippen LogP contribution in [-0.2, 0) is 5.41 Å². The summed E-state index contributed by atoms with van der Waals surface area (Å²) >= 11 is 0. The van der Waals surface area contributed by atoms with Crippen LogP contribution < -0.4 is 4.90 Å². The monoisotopic (exact) mass is 715 g/mol. The van der Waals surface area contributed by atoms with Gasteiger partial charge in [-0.15, -0.1) is 0 Å². The molecule has 0 bridgehead atoms. The van der Waals surface area contributed by atoms with E-state index in [1.807, 2.05) is 0 Å². The molecule has 0 N–H and O–H groups in total. The number of benzene rings is 9. The minimum atomic E-state index is -0.0796. The third-order valence-electron chi connectivity index (χ3n) is 11.7. The van der Waals surface area contributed by atoms with Crippen molar-refractivity contribution in [2.75, 3.05) is 4.90 Å². The minimum absolute atomic E-state index is 0.0796. The third-order valence-corrected chi connectivity index (χ3v) is 11.7. The second-order valence-corrected chi connectivity index (χ2v) is 15.3. The van der Waals surface area contributed by atoms with Crippen molar-refractivity contribution in [2.45, 2.75) is 19.3 Å². The van der Waals surface area contributed by atoms with E-state index in [4.69, 9.17) is 0 Å². The molecule has 1 aliphatic carbocycles. The first-order valence-corrected chi connectivity index (χ1v) is 19.5. The van der Waals surface area contributed by atoms with Crippen LogP contribution in [0.2, 0.25) is 0 Å². The zero-order valence-corrected chi connectivity index (χ0v) is 31.7. The fraction of sp³-hybridized carbons (Fsp3) is 0.0545. The quantitative estimate of drug-likeness (QED) is 0.159. The van der Waals surface area contributed by atoms with Crippen molar-refractivity contribution in [1.29, 1.82) is 0 Å². The van der Waals surface area contributed by atoms with Crippen molar-refractivity contribution in [3.63, 3.8) is 0 Å². The lowest BCUT2D eigenvalue weighted by Crippen LogP contribution is -2.15. The Hall–Kier alpha value is -6.96. The summed E-state index contributed by atoms with van der Waals surface area (Å²) in [5.74, 6) is 0. The Balaban J connectivity index is 1.22. The van der Waals surface area contributed by atoms with E-state index in [2.05, 4.69) is 231 Å². The van der Waals surface area contributed by atoms with Gasteiger partial charge in [0.1, 0.15) is 0 Å². The largest absolute Gasteiger partial charge is 0.310 e. The second kappa shape index (κ2) is 13.7. The standard InChI is InChI=1S/C55H41N/c1-55(2)51-26-14-13-23-48(51)50-37-45(34-35-52(50)55)56(44-32-30-39(31-33-44)43-29-28-38-16-9-10-21-42(38)36-43)53-27-15-25-47(41-19-7-4-8-20-41)54(53)49-24-12-11-22-46(49)40-17-5-3-6-18-40/h3-37H,1-2H3. The highest BCUT2D eigenvalue weighted by Gasteiger charge is 2.35. The van der Waals surface area contributed by atoms with Gasteiger partial charge in [0.05, 0.1) is 5.69 Å². The average Bonchev–Trinajstić information content (AvgIpc) is 3.49. The fourth-order valence-corrected chi connectivity index (χ4v) is 8.88. The van der Waals surface area contributed by atoms with Crippen molar-refractivity contribution in [1.82, 2.24) is 0 Å². The summed E-state index contributed by atoms with van der Waals surface area (Å²) in [6, 6.07) is 77.7. The van der Waals surface area contributed by atoms with E-state index in [1.54, 1.807) is 0 Å². The Morgan fingerprint density at radius 3 is 1.62 bits per heavy atom. The molecule has 0 saturated carbocycles. The molecule has 1 nitrogen and oxygen atoms in total. The normalized spacial score (nSPS) is 12.6. The Bertz CT molecular complexity index is 2870. The van der Waals surface area contributed by atoms with Crippen molar-refractivity contribution < 1.29 is 0 Å². The Morgan fingerprint density at radius 2 is 0.875 bits per heavy atom. The molecule has 9 aromatic carbocycles.